The number of amides is 1. The van der Waals surface area contributed by atoms with E-state index < -0.39 is 10.8 Å². The first-order chi connectivity index (χ1) is 16.0. The fraction of sp³-hybridized carbons (Fsp3) is 0.0833. The van der Waals surface area contributed by atoms with Crippen molar-refractivity contribution >= 4 is 17.8 Å². The van der Waals surface area contributed by atoms with Gasteiger partial charge >= 0.3 is 5.91 Å². The molecule has 0 saturated heterocycles. The van der Waals surface area contributed by atoms with Gasteiger partial charge in [0.25, 0.3) is 5.69 Å². The molecule has 9 heteroatoms. The molecule has 2 aromatic heterocycles. The molecule has 33 heavy (non-hydrogen) atoms. The molecule has 0 radical (unpaired) electrons. The molecule has 2 aromatic carbocycles. The van der Waals surface area contributed by atoms with E-state index in [0.717, 1.165) is 5.56 Å². The molecule has 0 unspecified atom stereocenters. The van der Waals surface area contributed by atoms with E-state index in [2.05, 4.69) is 10.5 Å². The van der Waals surface area contributed by atoms with Gasteiger partial charge in [-0.3, -0.25) is 14.9 Å². The Hall–Kier alpha value is -4.66. The smallest absolute Gasteiger partial charge is 0.307 e. The number of nitrogens with zero attached hydrogens (tertiary/aromatic N) is 3. The first-order valence-corrected chi connectivity index (χ1v) is 10.0. The quantitative estimate of drug-likeness (QED) is 0.242. The van der Waals surface area contributed by atoms with E-state index in [0.29, 0.717) is 22.9 Å². The Labute approximate surface area is 189 Å². The minimum absolute atomic E-state index is 0.0163. The van der Waals surface area contributed by atoms with Crippen molar-refractivity contribution in [3.63, 3.8) is 0 Å². The number of nitro benzene ring substituents is 1. The fourth-order valence-corrected chi connectivity index (χ4v) is 3.07. The second kappa shape index (κ2) is 9.65. The maximum absolute atomic E-state index is 12.3. The molecule has 2 heterocycles. The van der Waals surface area contributed by atoms with Crippen LogP contribution in [0.15, 0.2) is 88.5 Å². The molecule has 4 aromatic rings. The zero-order valence-corrected chi connectivity index (χ0v) is 17.7. The van der Waals surface area contributed by atoms with Gasteiger partial charge in [0, 0.05) is 18.3 Å². The summed E-state index contributed by atoms with van der Waals surface area (Å²) in [5, 5.41) is 15.0. The van der Waals surface area contributed by atoms with E-state index >= 15 is 0 Å². The second-order valence-corrected chi connectivity index (χ2v) is 7.15. The third-order valence-corrected chi connectivity index (χ3v) is 4.75. The summed E-state index contributed by atoms with van der Waals surface area (Å²) in [4.78, 5) is 22.9. The number of nitrogens with one attached hydrogen (secondary N) is 1. The predicted molar refractivity (Wildman–Crippen MR) is 122 cm³/mol. The van der Waals surface area contributed by atoms with Crippen molar-refractivity contribution in [3.05, 3.63) is 112 Å². The molecule has 0 saturated carbocycles. The molecule has 0 spiro atoms. The lowest BCUT2D eigenvalue weighted by molar-refractivity contribution is -0.384. The molecule has 1 N–H and O–H groups in total. The first-order valence-electron chi connectivity index (χ1n) is 10.0. The molecule has 0 aliphatic carbocycles. The number of hydrogen-bond acceptors (Lipinski definition) is 6. The number of aromatic nitrogens is 1. The fourth-order valence-electron chi connectivity index (χ4n) is 3.07. The zero-order valence-electron chi connectivity index (χ0n) is 17.7. The number of aryl methyl sites for hydroxylation is 1. The summed E-state index contributed by atoms with van der Waals surface area (Å²) in [5.41, 5.74) is 4.76. The van der Waals surface area contributed by atoms with Gasteiger partial charge in [-0.1, -0.05) is 23.8 Å². The third kappa shape index (κ3) is 5.34. The molecule has 0 fully saturated rings. The molecule has 0 aliphatic rings. The topological polar surface area (TPSA) is 112 Å². The third-order valence-electron chi connectivity index (χ3n) is 4.75. The van der Waals surface area contributed by atoms with Crippen LogP contribution in [-0.2, 0) is 6.61 Å². The molecule has 4 rings (SSSR count). The van der Waals surface area contributed by atoms with Crippen LogP contribution in [0.4, 0.5) is 5.69 Å². The Bertz CT molecular complexity index is 1300. The lowest BCUT2D eigenvalue weighted by atomic mass is 10.2. The zero-order chi connectivity index (χ0) is 23.2. The van der Waals surface area contributed by atoms with Gasteiger partial charge in [-0.15, -0.1) is 0 Å². The predicted octanol–water partition coefficient (Wildman–Crippen LogP) is 4.63. The highest BCUT2D eigenvalue weighted by Gasteiger charge is 2.12. The second-order valence-electron chi connectivity index (χ2n) is 7.15. The number of nitro groups is 1. The van der Waals surface area contributed by atoms with Crippen LogP contribution in [0.2, 0.25) is 0 Å². The number of carbonyl (C=O) groups is 1. The number of ether oxygens (including phenoxy) is 1. The van der Waals surface area contributed by atoms with Crippen LogP contribution in [0.5, 0.6) is 5.75 Å². The number of carbonyl (C=O) groups excluding carboxylic acids is 1. The van der Waals surface area contributed by atoms with Crippen molar-refractivity contribution in [2.45, 2.75) is 13.5 Å². The van der Waals surface area contributed by atoms with E-state index in [-0.39, 0.29) is 18.1 Å². The lowest BCUT2D eigenvalue weighted by Gasteiger charge is -2.06. The van der Waals surface area contributed by atoms with Crippen LogP contribution in [0.3, 0.4) is 0 Å². The Balaban J connectivity index is 1.36. The van der Waals surface area contributed by atoms with Gasteiger partial charge in [-0.2, -0.15) is 5.10 Å². The van der Waals surface area contributed by atoms with Crippen molar-refractivity contribution in [3.8, 4) is 11.4 Å². The molecule has 166 valence electrons. The van der Waals surface area contributed by atoms with Crippen LogP contribution in [0.1, 0.15) is 27.6 Å². The van der Waals surface area contributed by atoms with Crippen LogP contribution >= 0.6 is 0 Å². The first kappa shape index (κ1) is 21.6. The minimum Gasteiger partial charge on any atom is -0.486 e. The van der Waals surface area contributed by atoms with Gasteiger partial charge in [0.05, 0.1) is 22.5 Å². The Morgan fingerprint density at radius 2 is 1.97 bits per heavy atom. The highest BCUT2D eigenvalue weighted by Crippen LogP contribution is 2.18. The van der Waals surface area contributed by atoms with Gasteiger partial charge < -0.3 is 13.7 Å². The van der Waals surface area contributed by atoms with Crippen molar-refractivity contribution in [2.24, 2.45) is 5.10 Å². The Kier molecular flexibility index (Phi) is 6.31. The minimum atomic E-state index is -0.513. The van der Waals surface area contributed by atoms with E-state index in [1.54, 1.807) is 47.2 Å². The summed E-state index contributed by atoms with van der Waals surface area (Å²) in [5.74, 6) is 0.800. The molecule has 9 nitrogen and oxygen atoms in total. The monoisotopic (exact) mass is 444 g/mol. The summed E-state index contributed by atoms with van der Waals surface area (Å²) in [6, 6.07) is 20.6. The molecule has 0 aliphatic heterocycles. The highest BCUT2D eigenvalue weighted by atomic mass is 16.6. The van der Waals surface area contributed by atoms with Crippen LogP contribution in [-0.4, -0.2) is 21.6 Å². The standard InChI is InChI=1S/C24H20N4O5/c1-17-7-9-21(10-8-17)32-16-22-11-12-23(33-22)24(29)26-25-15-20-6-3-13-27(20)18-4-2-5-19(14-18)28(30)31/h2-15H,16H2,1H3,(H,26,29)/b25-15+. The maximum Gasteiger partial charge on any atom is 0.307 e. The summed E-state index contributed by atoms with van der Waals surface area (Å²) >= 11 is 0. The maximum atomic E-state index is 12.3. The lowest BCUT2D eigenvalue weighted by Crippen LogP contribution is -2.17. The van der Waals surface area contributed by atoms with E-state index in [1.807, 2.05) is 31.2 Å². The van der Waals surface area contributed by atoms with E-state index in [9.17, 15) is 14.9 Å². The van der Waals surface area contributed by atoms with Gasteiger partial charge in [0.2, 0.25) is 0 Å². The van der Waals surface area contributed by atoms with Gasteiger partial charge in [-0.25, -0.2) is 5.43 Å². The van der Waals surface area contributed by atoms with Crippen molar-refractivity contribution in [2.75, 3.05) is 0 Å². The average molecular weight is 444 g/mol. The number of benzene rings is 2. The van der Waals surface area contributed by atoms with Gasteiger partial charge in [0.15, 0.2) is 5.76 Å². The van der Waals surface area contributed by atoms with Crippen LogP contribution < -0.4 is 10.2 Å². The largest absolute Gasteiger partial charge is 0.486 e. The van der Waals surface area contributed by atoms with E-state index in [1.165, 1.54) is 18.3 Å². The number of non-ortho nitro benzene ring substituents is 1. The molecule has 0 atom stereocenters. The molecular weight excluding hydrogens is 424 g/mol. The van der Waals surface area contributed by atoms with Gasteiger partial charge in [0.1, 0.15) is 18.1 Å². The number of hydrazone groups is 1. The van der Waals surface area contributed by atoms with Crippen LogP contribution in [0, 0.1) is 17.0 Å². The number of rotatable bonds is 8. The molecule has 0 bridgehead atoms. The van der Waals surface area contributed by atoms with Crippen molar-refractivity contribution < 1.29 is 18.9 Å². The number of furan rings is 1. The summed E-state index contributed by atoms with van der Waals surface area (Å²) in [7, 11) is 0. The van der Waals surface area contributed by atoms with Crippen LogP contribution in [0.25, 0.3) is 5.69 Å². The average Bonchev–Trinajstić information content (AvgIpc) is 3.48. The van der Waals surface area contributed by atoms with E-state index in [4.69, 9.17) is 9.15 Å². The SMILES string of the molecule is Cc1ccc(OCc2ccc(C(=O)N/N=C/c3cccn3-c3cccc([N+](=O)[O-])c3)o2)cc1. The Morgan fingerprint density at radius 3 is 2.76 bits per heavy atom. The number of hydrogen-bond donors (Lipinski definition) is 1. The highest BCUT2D eigenvalue weighted by molar-refractivity contribution is 5.92. The normalized spacial score (nSPS) is 10.9. The van der Waals surface area contributed by atoms with Crippen molar-refractivity contribution in [1.82, 2.24) is 9.99 Å². The summed E-state index contributed by atoms with van der Waals surface area (Å²) < 4.78 is 12.9. The van der Waals surface area contributed by atoms with Gasteiger partial charge in [-0.05, 0) is 49.4 Å². The van der Waals surface area contributed by atoms with Crippen molar-refractivity contribution in [1.29, 1.82) is 0 Å². The molecule has 1 amide bonds. The summed E-state index contributed by atoms with van der Waals surface area (Å²) in [6.45, 7) is 2.19. The summed E-state index contributed by atoms with van der Waals surface area (Å²) in [6.07, 6.45) is 3.19. The Morgan fingerprint density at radius 1 is 1.15 bits per heavy atom. The molecular formula is C24H20N4O5.